The van der Waals surface area contributed by atoms with Gasteiger partial charge < -0.3 is 9.53 Å². The molecule has 0 aromatic heterocycles. The number of benzene rings is 1. The fourth-order valence-corrected chi connectivity index (χ4v) is 2.75. The molecule has 1 unspecified atom stereocenters. The minimum absolute atomic E-state index is 0.0582. The van der Waals surface area contributed by atoms with Crippen molar-refractivity contribution in [1.82, 2.24) is 0 Å². The molecule has 1 atom stereocenters. The number of carbonyl (C=O) groups is 2. The summed E-state index contributed by atoms with van der Waals surface area (Å²) < 4.78 is 4.71. The highest BCUT2D eigenvalue weighted by Gasteiger charge is 2.18. The van der Waals surface area contributed by atoms with Crippen LogP contribution in [0.2, 0.25) is 0 Å². The lowest BCUT2D eigenvalue weighted by Crippen LogP contribution is -2.11. The number of carbonyl (C=O) groups excluding carboxylic acids is 2. The van der Waals surface area contributed by atoms with Crippen LogP contribution in [0.5, 0.6) is 0 Å². The van der Waals surface area contributed by atoms with Gasteiger partial charge in [-0.15, -0.1) is 0 Å². The summed E-state index contributed by atoms with van der Waals surface area (Å²) in [5.41, 5.74) is 3.88. The van der Waals surface area contributed by atoms with Crippen molar-refractivity contribution in [3.63, 3.8) is 0 Å². The number of aldehydes is 1. The highest BCUT2D eigenvalue weighted by Crippen LogP contribution is 2.28. The van der Waals surface area contributed by atoms with Gasteiger partial charge in [0.25, 0.3) is 0 Å². The van der Waals surface area contributed by atoms with E-state index in [0.717, 1.165) is 24.7 Å². The quantitative estimate of drug-likeness (QED) is 0.604. The van der Waals surface area contributed by atoms with E-state index in [4.69, 9.17) is 4.74 Å². The lowest BCUT2D eigenvalue weighted by molar-refractivity contribution is -0.141. The van der Waals surface area contributed by atoms with Gasteiger partial charge in [-0.3, -0.25) is 4.79 Å². The van der Waals surface area contributed by atoms with E-state index < -0.39 is 0 Å². The number of methoxy groups -OCH3 is 1. The van der Waals surface area contributed by atoms with Crippen molar-refractivity contribution < 1.29 is 14.3 Å². The van der Waals surface area contributed by atoms with Gasteiger partial charge in [0, 0.05) is 12.3 Å². The van der Waals surface area contributed by atoms with Crippen LogP contribution in [0, 0.1) is 0 Å². The number of hydrogen-bond acceptors (Lipinski definition) is 3. The molecule has 2 rings (SSSR count). The number of ether oxygens (including phenoxy) is 1. The first-order valence-electron chi connectivity index (χ1n) is 6.86. The van der Waals surface area contributed by atoms with Crippen molar-refractivity contribution in [3.05, 3.63) is 34.9 Å². The van der Waals surface area contributed by atoms with Crippen molar-refractivity contribution in [2.45, 2.75) is 44.4 Å². The molecule has 1 aliphatic rings. The summed E-state index contributed by atoms with van der Waals surface area (Å²) in [5, 5.41) is 0. The maximum atomic E-state index is 11.4. The Bertz CT molecular complexity index is 465. The van der Waals surface area contributed by atoms with Crippen LogP contribution in [0.25, 0.3) is 0 Å². The molecule has 0 radical (unpaired) electrons. The van der Waals surface area contributed by atoms with Crippen LogP contribution in [0.15, 0.2) is 18.2 Å². The van der Waals surface area contributed by atoms with Crippen molar-refractivity contribution in [2.75, 3.05) is 7.11 Å². The molecule has 1 aromatic rings. The van der Waals surface area contributed by atoms with Crippen molar-refractivity contribution in [3.8, 4) is 0 Å². The lowest BCUT2D eigenvalue weighted by atomic mass is 9.86. The molecule has 1 aromatic carbocycles. The summed E-state index contributed by atoms with van der Waals surface area (Å²) >= 11 is 0. The van der Waals surface area contributed by atoms with E-state index in [1.807, 2.05) is 0 Å². The first-order valence-corrected chi connectivity index (χ1v) is 6.86. The number of esters is 1. The van der Waals surface area contributed by atoms with Crippen molar-refractivity contribution in [2.24, 2.45) is 0 Å². The van der Waals surface area contributed by atoms with Gasteiger partial charge >= 0.3 is 5.97 Å². The van der Waals surface area contributed by atoms with Crippen LogP contribution >= 0.6 is 0 Å². The largest absolute Gasteiger partial charge is 0.469 e. The first kappa shape index (κ1) is 13.8. The Morgan fingerprint density at radius 3 is 2.74 bits per heavy atom. The van der Waals surface area contributed by atoms with Gasteiger partial charge in [0.2, 0.25) is 0 Å². The molecule has 0 fully saturated rings. The maximum absolute atomic E-state index is 11.4. The van der Waals surface area contributed by atoms with E-state index >= 15 is 0 Å². The van der Waals surface area contributed by atoms with Crippen LogP contribution < -0.4 is 0 Å². The van der Waals surface area contributed by atoms with Crippen LogP contribution in [-0.2, 0) is 27.2 Å². The summed E-state index contributed by atoms with van der Waals surface area (Å²) in [6.07, 6.45) is 6.26. The topological polar surface area (TPSA) is 43.4 Å². The molecule has 3 heteroatoms. The molecule has 0 bridgehead atoms. The third-order valence-corrected chi connectivity index (χ3v) is 3.87. The molecule has 3 nitrogen and oxygen atoms in total. The number of fused-ring (bicyclic) bond motifs is 1. The number of aryl methyl sites for hydroxylation is 2. The van der Waals surface area contributed by atoms with Gasteiger partial charge in [0.15, 0.2) is 0 Å². The fourth-order valence-electron chi connectivity index (χ4n) is 2.75. The molecule has 0 spiro atoms. The summed E-state index contributed by atoms with van der Waals surface area (Å²) in [5.74, 6) is -0.318. The summed E-state index contributed by atoms with van der Waals surface area (Å²) in [7, 11) is 1.38. The van der Waals surface area contributed by atoms with E-state index in [1.165, 1.54) is 31.1 Å². The van der Waals surface area contributed by atoms with Crippen LogP contribution in [-0.4, -0.2) is 19.4 Å². The third-order valence-electron chi connectivity index (χ3n) is 3.87. The smallest absolute Gasteiger partial charge is 0.306 e. The minimum Gasteiger partial charge on any atom is -0.469 e. The van der Waals surface area contributed by atoms with Gasteiger partial charge in [-0.1, -0.05) is 18.2 Å². The SMILES string of the molecule is COC(=O)CC(CC=O)c1ccc2c(c1)CCCC2. The standard InChI is InChI=1S/C16H20O3/c1-19-16(18)11-15(8-9-17)14-7-6-12-4-2-3-5-13(12)10-14/h6-7,9-10,15H,2-5,8,11H2,1H3. The normalized spacial score (nSPS) is 15.4. The molecule has 19 heavy (non-hydrogen) atoms. The Morgan fingerprint density at radius 2 is 2.05 bits per heavy atom. The molecular formula is C16H20O3. The minimum atomic E-state index is -0.260. The van der Waals surface area contributed by atoms with Gasteiger partial charge in [0.05, 0.1) is 13.5 Å². The Kier molecular flexibility index (Phi) is 4.72. The summed E-state index contributed by atoms with van der Waals surface area (Å²) in [4.78, 5) is 22.2. The number of hydrogen-bond donors (Lipinski definition) is 0. The van der Waals surface area contributed by atoms with Crippen molar-refractivity contribution in [1.29, 1.82) is 0 Å². The Balaban J connectivity index is 2.20. The molecule has 1 aliphatic carbocycles. The van der Waals surface area contributed by atoms with E-state index in [9.17, 15) is 9.59 Å². The Morgan fingerprint density at radius 1 is 1.32 bits per heavy atom. The zero-order chi connectivity index (χ0) is 13.7. The molecule has 0 N–H and O–H groups in total. The second kappa shape index (κ2) is 6.50. The monoisotopic (exact) mass is 260 g/mol. The summed E-state index contributed by atoms with van der Waals surface area (Å²) in [6.45, 7) is 0. The second-order valence-electron chi connectivity index (χ2n) is 5.11. The summed E-state index contributed by atoms with van der Waals surface area (Å²) in [6, 6.07) is 6.38. The maximum Gasteiger partial charge on any atom is 0.306 e. The van der Waals surface area contributed by atoms with Crippen molar-refractivity contribution >= 4 is 12.3 Å². The lowest BCUT2D eigenvalue weighted by Gasteiger charge is -2.19. The molecule has 0 heterocycles. The number of rotatable bonds is 5. The Hall–Kier alpha value is -1.64. The fraction of sp³-hybridized carbons (Fsp3) is 0.500. The molecular weight excluding hydrogens is 240 g/mol. The van der Waals surface area contributed by atoms with Gasteiger partial charge in [0.1, 0.15) is 6.29 Å². The predicted octanol–water partition coefficient (Wildman–Crippen LogP) is 2.80. The first-order chi connectivity index (χ1) is 9.24. The highest BCUT2D eigenvalue weighted by atomic mass is 16.5. The third kappa shape index (κ3) is 3.43. The second-order valence-corrected chi connectivity index (χ2v) is 5.11. The van der Waals surface area contributed by atoms with Gasteiger partial charge in [-0.2, -0.15) is 0 Å². The Labute approximate surface area is 114 Å². The van der Waals surface area contributed by atoms with E-state index in [1.54, 1.807) is 0 Å². The molecule has 0 saturated heterocycles. The van der Waals surface area contributed by atoms with Gasteiger partial charge in [-0.25, -0.2) is 0 Å². The van der Waals surface area contributed by atoms with Crippen LogP contribution in [0.4, 0.5) is 0 Å². The van der Waals surface area contributed by atoms with Crippen LogP contribution in [0.3, 0.4) is 0 Å². The van der Waals surface area contributed by atoms with E-state index in [-0.39, 0.29) is 18.3 Å². The molecule has 0 amide bonds. The predicted molar refractivity (Wildman–Crippen MR) is 73.1 cm³/mol. The van der Waals surface area contributed by atoms with E-state index in [2.05, 4.69) is 18.2 Å². The zero-order valence-corrected chi connectivity index (χ0v) is 11.4. The van der Waals surface area contributed by atoms with E-state index in [0.29, 0.717) is 6.42 Å². The molecule has 102 valence electrons. The average Bonchev–Trinajstić information content (AvgIpc) is 2.46. The molecule has 0 aliphatic heterocycles. The molecule has 0 saturated carbocycles. The van der Waals surface area contributed by atoms with Gasteiger partial charge in [-0.05, 0) is 42.4 Å². The zero-order valence-electron chi connectivity index (χ0n) is 11.4. The highest BCUT2D eigenvalue weighted by molar-refractivity contribution is 5.71. The van der Waals surface area contributed by atoms with Crippen LogP contribution in [0.1, 0.15) is 48.3 Å². The average molecular weight is 260 g/mol.